The molecule has 0 saturated heterocycles. The van der Waals surface area contributed by atoms with E-state index in [2.05, 4.69) is 26.6 Å². The Kier molecular flexibility index (Phi) is 6.14. The van der Waals surface area contributed by atoms with Crippen molar-refractivity contribution in [3.63, 3.8) is 0 Å². The van der Waals surface area contributed by atoms with E-state index in [1.54, 1.807) is 19.1 Å². The highest BCUT2D eigenvalue weighted by molar-refractivity contribution is 9.10. The number of nitrogens with one attached hydrogen (secondary N) is 2. The molecule has 0 aliphatic rings. The summed E-state index contributed by atoms with van der Waals surface area (Å²) in [5.41, 5.74) is 5.42. The van der Waals surface area contributed by atoms with Crippen molar-refractivity contribution in [2.75, 3.05) is 6.54 Å². The first kappa shape index (κ1) is 18.6. The molecule has 1 atom stereocenters. The molecular formula is C16H24BrN3O2. The van der Waals surface area contributed by atoms with Gasteiger partial charge in [0.2, 0.25) is 11.8 Å². The number of carbonyl (C=O) groups excluding carboxylic acids is 2. The predicted molar refractivity (Wildman–Crippen MR) is 91.2 cm³/mol. The molecule has 0 aliphatic carbocycles. The fraction of sp³-hybridized carbons (Fsp3) is 0.500. The van der Waals surface area contributed by atoms with Crippen molar-refractivity contribution in [3.05, 3.63) is 34.3 Å². The summed E-state index contributed by atoms with van der Waals surface area (Å²) in [4.78, 5) is 23.9. The van der Waals surface area contributed by atoms with Crippen molar-refractivity contribution in [2.24, 2.45) is 5.73 Å². The molecule has 22 heavy (non-hydrogen) atoms. The van der Waals surface area contributed by atoms with Crippen molar-refractivity contribution in [3.8, 4) is 0 Å². The highest BCUT2D eigenvalue weighted by Crippen LogP contribution is 2.20. The topological polar surface area (TPSA) is 84.2 Å². The lowest BCUT2D eigenvalue weighted by molar-refractivity contribution is -0.126. The van der Waals surface area contributed by atoms with Gasteiger partial charge in [0.25, 0.3) is 0 Å². The second kappa shape index (κ2) is 7.24. The van der Waals surface area contributed by atoms with E-state index in [0.29, 0.717) is 5.56 Å². The van der Waals surface area contributed by atoms with Crippen LogP contribution in [0.4, 0.5) is 0 Å². The predicted octanol–water partition coefficient (Wildman–Crippen LogP) is 2.04. The first-order valence-corrected chi connectivity index (χ1v) is 7.96. The Labute approximate surface area is 140 Å². The monoisotopic (exact) mass is 369 g/mol. The second-order valence-electron chi connectivity index (χ2n) is 6.51. The van der Waals surface area contributed by atoms with Crippen LogP contribution in [-0.4, -0.2) is 23.9 Å². The van der Waals surface area contributed by atoms with Crippen LogP contribution in [0.3, 0.4) is 0 Å². The van der Waals surface area contributed by atoms with E-state index >= 15 is 0 Å². The minimum atomic E-state index is -1.14. The van der Waals surface area contributed by atoms with Crippen LogP contribution >= 0.6 is 15.9 Å². The molecule has 122 valence electrons. The van der Waals surface area contributed by atoms with Crippen LogP contribution in [0.2, 0.25) is 0 Å². The molecule has 1 aromatic carbocycles. The van der Waals surface area contributed by atoms with Gasteiger partial charge in [-0.1, -0.05) is 28.1 Å². The fourth-order valence-corrected chi connectivity index (χ4v) is 2.15. The van der Waals surface area contributed by atoms with Gasteiger partial charge in [0.15, 0.2) is 0 Å². The highest BCUT2D eigenvalue weighted by Gasteiger charge is 2.30. The quantitative estimate of drug-likeness (QED) is 0.742. The smallest absolute Gasteiger partial charge is 0.244 e. The zero-order chi connectivity index (χ0) is 17.0. The molecule has 6 heteroatoms. The van der Waals surface area contributed by atoms with Crippen LogP contribution in [0.5, 0.6) is 0 Å². The molecule has 4 N–H and O–H groups in total. The van der Waals surface area contributed by atoms with E-state index in [9.17, 15) is 9.59 Å². The van der Waals surface area contributed by atoms with E-state index in [-0.39, 0.29) is 30.3 Å². The van der Waals surface area contributed by atoms with Crippen LogP contribution in [0, 0.1) is 0 Å². The molecule has 0 spiro atoms. The SMILES string of the molecule is CC(C)(C)NC(=O)CCNC(=O)C(C)(N)c1ccc(Br)cc1. The van der Waals surface area contributed by atoms with E-state index in [1.165, 1.54) is 0 Å². The average molecular weight is 370 g/mol. The third-order valence-corrected chi connectivity index (χ3v) is 3.60. The Morgan fingerprint density at radius 2 is 1.68 bits per heavy atom. The lowest BCUT2D eigenvalue weighted by Gasteiger charge is -2.24. The third-order valence-electron chi connectivity index (χ3n) is 3.07. The summed E-state index contributed by atoms with van der Waals surface area (Å²) in [7, 11) is 0. The van der Waals surface area contributed by atoms with Crippen LogP contribution in [-0.2, 0) is 15.1 Å². The minimum Gasteiger partial charge on any atom is -0.354 e. The number of carbonyl (C=O) groups is 2. The van der Waals surface area contributed by atoms with Gasteiger partial charge in [0.1, 0.15) is 5.54 Å². The summed E-state index contributed by atoms with van der Waals surface area (Å²) in [6.45, 7) is 7.64. The van der Waals surface area contributed by atoms with Crippen LogP contribution in [0.25, 0.3) is 0 Å². The number of rotatable bonds is 5. The standard InChI is InChI=1S/C16H24BrN3O2/c1-15(2,3)20-13(21)9-10-19-14(22)16(4,18)11-5-7-12(17)8-6-11/h5-8H,9-10,18H2,1-4H3,(H,19,22)(H,20,21). The van der Waals surface area contributed by atoms with Gasteiger partial charge in [0, 0.05) is 23.0 Å². The average Bonchev–Trinajstić information content (AvgIpc) is 2.36. The molecule has 1 rings (SSSR count). The number of hydrogen-bond donors (Lipinski definition) is 3. The maximum Gasteiger partial charge on any atom is 0.244 e. The molecule has 1 unspecified atom stereocenters. The zero-order valence-corrected chi connectivity index (χ0v) is 15.1. The van der Waals surface area contributed by atoms with E-state index in [4.69, 9.17) is 5.73 Å². The van der Waals surface area contributed by atoms with Gasteiger partial charge in [-0.15, -0.1) is 0 Å². The number of amides is 2. The molecule has 1 aromatic rings. The Balaban J connectivity index is 2.54. The van der Waals surface area contributed by atoms with Crippen molar-refractivity contribution in [1.29, 1.82) is 0 Å². The fourth-order valence-electron chi connectivity index (χ4n) is 1.88. The van der Waals surface area contributed by atoms with Crippen LogP contribution in [0.15, 0.2) is 28.7 Å². The molecule has 0 aliphatic heterocycles. The Morgan fingerprint density at radius 3 is 2.18 bits per heavy atom. The summed E-state index contributed by atoms with van der Waals surface area (Å²) in [6.07, 6.45) is 0.222. The third kappa shape index (κ3) is 5.77. The number of hydrogen-bond acceptors (Lipinski definition) is 3. The van der Waals surface area contributed by atoms with Gasteiger partial charge < -0.3 is 16.4 Å². The molecule has 2 amide bonds. The largest absolute Gasteiger partial charge is 0.354 e. The van der Waals surface area contributed by atoms with Gasteiger partial charge in [-0.25, -0.2) is 0 Å². The Hall–Kier alpha value is -1.40. The van der Waals surface area contributed by atoms with Gasteiger partial charge in [-0.3, -0.25) is 9.59 Å². The van der Waals surface area contributed by atoms with Crippen molar-refractivity contribution in [1.82, 2.24) is 10.6 Å². The zero-order valence-electron chi connectivity index (χ0n) is 13.5. The van der Waals surface area contributed by atoms with Gasteiger partial charge in [0.05, 0.1) is 0 Å². The lowest BCUT2D eigenvalue weighted by atomic mass is 9.92. The maximum absolute atomic E-state index is 12.2. The molecule has 5 nitrogen and oxygen atoms in total. The molecule has 0 radical (unpaired) electrons. The molecule has 0 fully saturated rings. The molecule has 0 aromatic heterocycles. The lowest BCUT2D eigenvalue weighted by Crippen LogP contribution is -2.50. The van der Waals surface area contributed by atoms with E-state index in [0.717, 1.165) is 4.47 Å². The van der Waals surface area contributed by atoms with Crippen molar-refractivity contribution >= 4 is 27.7 Å². The van der Waals surface area contributed by atoms with E-state index in [1.807, 2.05) is 32.9 Å². The summed E-state index contributed by atoms with van der Waals surface area (Å²) in [6, 6.07) is 7.28. The summed E-state index contributed by atoms with van der Waals surface area (Å²) >= 11 is 3.35. The van der Waals surface area contributed by atoms with Gasteiger partial charge in [-0.2, -0.15) is 0 Å². The van der Waals surface area contributed by atoms with Gasteiger partial charge >= 0.3 is 0 Å². The van der Waals surface area contributed by atoms with Crippen molar-refractivity contribution in [2.45, 2.75) is 45.2 Å². The normalized spacial score (nSPS) is 14.1. The highest BCUT2D eigenvalue weighted by atomic mass is 79.9. The Bertz CT molecular complexity index is 533. The summed E-state index contributed by atoms with van der Waals surface area (Å²) in [5, 5.41) is 5.56. The van der Waals surface area contributed by atoms with Gasteiger partial charge in [-0.05, 0) is 45.4 Å². The molecule has 0 bridgehead atoms. The molecule has 0 saturated carbocycles. The minimum absolute atomic E-state index is 0.102. The van der Waals surface area contributed by atoms with Crippen LogP contribution < -0.4 is 16.4 Å². The number of nitrogens with two attached hydrogens (primary N) is 1. The number of halogens is 1. The Morgan fingerprint density at radius 1 is 1.14 bits per heavy atom. The first-order chi connectivity index (χ1) is 10.0. The van der Waals surface area contributed by atoms with Crippen molar-refractivity contribution < 1.29 is 9.59 Å². The first-order valence-electron chi connectivity index (χ1n) is 7.16. The molecular weight excluding hydrogens is 346 g/mol. The second-order valence-corrected chi connectivity index (χ2v) is 7.43. The number of benzene rings is 1. The summed E-state index contributed by atoms with van der Waals surface area (Å²) < 4.78 is 0.923. The maximum atomic E-state index is 12.2. The van der Waals surface area contributed by atoms with Crippen LogP contribution in [0.1, 0.15) is 39.7 Å². The van der Waals surface area contributed by atoms with E-state index < -0.39 is 5.54 Å². The molecule has 0 heterocycles. The summed E-state index contributed by atoms with van der Waals surface area (Å²) in [5.74, 6) is -0.409.